The maximum absolute atomic E-state index is 12.6. The number of rotatable bonds is 70. The lowest BCUT2D eigenvalue weighted by atomic mass is 10.0. The molecular weight excluding hydrogens is 995 g/mol. The summed E-state index contributed by atoms with van der Waals surface area (Å²) in [5.74, 6) is -0.0172. The van der Waals surface area contributed by atoms with Gasteiger partial charge in [-0.1, -0.05) is 372 Å². The molecule has 2 atom stereocenters. The van der Waals surface area contributed by atoms with Gasteiger partial charge in [-0.05, 0) is 57.8 Å². The van der Waals surface area contributed by atoms with Crippen LogP contribution in [0.25, 0.3) is 0 Å². The number of hydrogen-bond donors (Lipinski definition) is 3. The predicted molar refractivity (Wildman–Crippen MR) is 356 cm³/mol. The summed E-state index contributed by atoms with van der Waals surface area (Å²) in [7, 11) is 0. The Morgan fingerprint density at radius 1 is 0.346 bits per heavy atom. The van der Waals surface area contributed by atoms with Crippen molar-refractivity contribution in [2.24, 2.45) is 0 Å². The zero-order valence-electron chi connectivity index (χ0n) is 55.0. The first kappa shape index (κ1) is 79.3. The molecule has 0 heterocycles. The van der Waals surface area contributed by atoms with Crippen molar-refractivity contribution in [2.45, 2.75) is 431 Å². The van der Waals surface area contributed by atoms with E-state index in [0.717, 1.165) is 51.4 Å². The summed E-state index contributed by atoms with van der Waals surface area (Å²) in [5, 5.41) is 23.4. The van der Waals surface area contributed by atoms with E-state index >= 15 is 0 Å². The molecule has 0 spiro atoms. The number of allylic oxidation sites excluding steroid dienone is 4. The highest BCUT2D eigenvalue weighted by molar-refractivity contribution is 5.76. The molecule has 0 bridgehead atoms. The van der Waals surface area contributed by atoms with Crippen LogP contribution in [0.15, 0.2) is 24.3 Å². The lowest BCUT2D eigenvalue weighted by Gasteiger charge is -2.22. The van der Waals surface area contributed by atoms with Crippen molar-refractivity contribution in [3.05, 3.63) is 24.3 Å². The molecule has 480 valence electrons. The van der Waals surface area contributed by atoms with Crippen molar-refractivity contribution in [3.63, 3.8) is 0 Å². The first-order valence-corrected chi connectivity index (χ1v) is 37.1. The van der Waals surface area contributed by atoms with Gasteiger partial charge in [0.15, 0.2) is 0 Å². The van der Waals surface area contributed by atoms with Crippen LogP contribution in [0, 0.1) is 0 Å². The van der Waals surface area contributed by atoms with Gasteiger partial charge in [0, 0.05) is 12.8 Å². The maximum atomic E-state index is 12.6. The normalized spacial score (nSPS) is 12.6. The van der Waals surface area contributed by atoms with E-state index in [1.54, 1.807) is 0 Å². The largest absolute Gasteiger partial charge is 0.466 e. The van der Waals surface area contributed by atoms with E-state index in [1.807, 2.05) is 0 Å². The van der Waals surface area contributed by atoms with E-state index in [1.165, 1.54) is 334 Å². The molecule has 0 aliphatic heterocycles. The molecule has 0 radical (unpaired) electrons. The Morgan fingerprint density at radius 3 is 0.951 bits per heavy atom. The quantitative estimate of drug-likeness (QED) is 0.0320. The van der Waals surface area contributed by atoms with Gasteiger partial charge in [0.05, 0.1) is 25.4 Å². The van der Waals surface area contributed by atoms with Crippen LogP contribution in [0.2, 0.25) is 0 Å². The van der Waals surface area contributed by atoms with E-state index in [0.29, 0.717) is 25.9 Å². The van der Waals surface area contributed by atoms with Gasteiger partial charge in [-0.2, -0.15) is 0 Å². The van der Waals surface area contributed by atoms with Crippen molar-refractivity contribution in [2.75, 3.05) is 13.2 Å². The highest BCUT2D eigenvalue weighted by Crippen LogP contribution is 2.19. The average molecular weight is 1140 g/mol. The summed E-state index contributed by atoms with van der Waals surface area (Å²) in [6.07, 6.45) is 89.5. The van der Waals surface area contributed by atoms with E-state index in [-0.39, 0.29) is 18.5 Å². The number of ether oxygens (including phenoxy) is 1. The number of hydrogen-bond acceptors (Lipinski definition) is 5. The second kappa shape index (κ2) is 70.8. The molecule has 0 aromatic rings. The fourth-order valence-corrected chi connectivity index (χ4v) is 11.9. The van der Waals surface area contributed by atoms with Crippen LogP contribution < -0.4 is 5.32 Å². The smallest absolute Gasteiger partial charge is 0.305 e. The Morgan fingerprint density at radius 2 is 0.617 bits per heavy atom. The summed E-state index contributed by atoms with van der Waals surface area (Å²) >= 11 is 0. The van der Waals surface area contributed by atoms with Crippen LogP contribution in [0.1, 0.15) is 418 Å². The van der Waals surface area contributed by atoms with Gasteiger partial charge >= 0.3 is 5.97 Å². The summed E-state index contributed by atoms with van der Waals surface area (Å²) < 4.78 is 5.51. The summed E-state index contributed by atoms with van der Waals surface area (Å²) in [6.45, 7) is 4.98. The highest BCUT2D eigenvalue weighted by atomic mass is 16.5. The van der Waals surface area contributed by atoms with E-state index in [9.17, 15) is 19.8 Å². The molecule has 0 fully saturated rings. The summed E-state index contributed by atoms with van der Waals surface area (Å²) in [6, 6.07) is -0.540. The standard InChI is InChI=1S/C75H145NO5/c1-3-5-7-9-11-13-15-17-19-21-23-32-35-39-43-47-51-55-59-63-67-73(78)72(71-77)76-74(79)68-64-60-56-52-48-44-40-36-33-30-28-26-24-25-27-29-31-34-38-42-46-50-54-58-62-66-70-81-75(80)69-65-61-57-53-49-45-41-37-22-20-18-16-14-12-10-8-6-4-2/h14,16,20,22,72-73,77-78H,3-13,15,17-19,21,23-71H2,1-2H3,(H,76,79)/b16-14-,22-20-. The van der Waals surface area contributed by atoms with E-state index in [2.05, 4.69) is 43.5 Å². The molecule has 6 nitrogen and oxygen atoms in total. The van der Waals surface area contributed by atoms with Crippen molar-refractivity contribution < 1.29 is 24.5 Å². The Bertz CT molecular complexity index is 1270. The molecule has 0 aromatic heterocycles. The van der Waals surface area contributed by atoms with Crippen molar-refractivity contribution in [3.8, 4) is 0 Å². The molecule has 0 aliphatic rings. The molecule has 2 unspecified atom stereocenters. The Labute approximate surface area is 507 Å². The van der Waals surface area contributed by atoms with Crippen LogP contribution in [0.5, 0.6) is 0 Å². The molecule has 0 aliphatic carbocycles. The molecule has 0 rings (SSSR count). The number of aliphatic hydroxyl groups excluding tert-OH is 2. The number of unbranched alkanes of at least 4 members (excludes halogenated alkanes) is 55. The van der Waals surface area contributed by atoms with Gasteiger partial charge in [-0.3, -0.25) is 9.59 Å². The Balaban J connectivity index is 3.35. The first-order valence-electron chi connectivity index (χ1n) is 37.1. The minimum Gasteiger partial charge on any atom is -0.466 e. The number of aliphatic hydroxyl groups is 2. The summed E-state index contributed by atoms with van der Waals surface area (Å²) in [5.41, 5.74) is 0. The minimum absolute atomic E-state index is 0.0109. The topological polar surface area (TPSA) is 95.9 Å². The van der Waals surface area contributed by atoms with Crippen LogP contribution in [0.3, 0.4) is 0 Å². The lowest BCUT2D eigenvalue weighted by molar-refractivity contribution is -0.143. The average Bonchev–Trinajstić information content (AvgIpc) is 3.47. The molecular formula is C75H145NO5. The van der Waals surface area contributed by atoms with Gasteiger partial charge in [-0.25, -0.2) is 0 Å². The number of amides is 1. The zero-order chi connectivity index (χ0) is 58.5. The molecule has 81 heavy (non-hydrogen) atoms. The van der Waals surface area contributed by atoms with E-state index < -0.39 is 12.1 Å². The molecule has 0 saturated heterocycles. The second-order valence-corrected chi connectivity index (χ2v) is 25.6. The monoisotopic (exact) mass is 1140 g/mol. The third-order valence-corrected chi connectivity index (χ3v) is 17.5. The van der Waals surface area contributed by atoms with E-state index in [4.69, 9.17) is 4.74 Å². The highest BCUT2D eigenvalue weighted by Gasteiger charge is 2.20. The molecule has 6 heteroatoms. The Hall–Kier alpha value is -1.66. The third-order valence-electron chi connectivity index (χ3n) is 17.5. The fourth-order valence-electron chi connectivity index (χ4n) is 11.9. The summed E-state index contributed by atoms with van der Waals surface area (Å²) in [4.78, 5) is 24.7. The fraction of sp³-hybridized carbons (Fsp3) is 0.920. The zero-order valence-corrected chi connectivity index (χ0v) is 55.0. The third kappa shape index (κ3) is 67.3. The van der Waals surface area contributed by atoms with Gasteiger partial charge in [-0.15, -0.1) is 0 Å². The number of nitrogens with one attached hydrogen (secondary N) is 1. The molecule has 0 aromatic carbocycles. The Kier molecular flexibility index (Phi) is 69.4. The van der Waals surface area contributed by atoms with Gasteiger partial charge < -0.3 is 20.3 Å². The van der Waals surface area contributed by atoms with Gasteiger partial charge in [0.25, 0.3) is 0 Å². The van der Waals surface area contributed by atoms with Crippen molar-refractivity contribution >= 4 is 11.9 Å². The first-order chi connectivity index (χ1) is 40.0. The van der Waals surface area contributed by atoms with Crippen molar-refractivity contribution in [1.82, 2.24) is 5.32 Å². The predicted octanol–water partition coefficient (Wildman–Crippen LogP) is 24.1. The molecule has 1 amide bonds. The van der Waals surface area contributed by atoms with Crippen LogP contribution in [-0.2, 0) is 14.3 Å². The van der Waals surface area contributed by atoms with Gasteiger partial charge in [0.2, 0.25) is 5.91 Å². The van der Waals surface area contributed by atoms with Crippen LogP contribution in [0.4, 0.5) is 0 Å². The van der Waals surface area contributed by atoms with Gasteiger partial charge in [0.1, 0.15) is 0 Å². The molecule has 0 saturated carbocycles. The minimum atomic E-state index is -0.664. The van der Waals surface area contributed by atoms with Crippen LogP contribution in [-0.4, -0.2) is 47.4 Å². The number of carbonyl (C=O) groups is 2. The van der Waals surface area contributed by atoms with Crippen LogP contribution >= 0.6 is 0 Å². The number of esters is 1. The van der Waals surface area contributed by atoms with Crippen molar-refractivity contribution in [1.29, 1.82) is 0 Å². The number of carbonyl (C=O) groups excluding carboxylic acids is 2. The molecule has 3 N–H and O–H groups in total. The second-order valence-electron chi connectivity index (χ2n) is 25.6. The maximum Gasteiger partial charge on any atom is 0.305 e. The lowest BCUT2D eigenvalue weighted by Crippen LogP contribution is -2.45. The SMILES string of the molecule is CCCCCC/C=C\C/C=C\CCCCCCCCCC(=O)OCCCCCCCCCCCCCCCCCCCCCCCCCCCCC(=O)NC(CO)C(O)CCCCCCCCCCCCCCCCCCCCCC.